The Hall–Kier alpha value is -3.47. The minimum atomic E-state index is -4.67. The SMILES string of the molecule is O=S(=O)(c1ccc(C(F)(F)F)cc1)[C@@]12CC/C(=N/OCc3ccccc3)C[C@@H]1COc1c(F)ccc(F)c12. The normalized spacial score (nSPS) is 22.3. The molecule has 1 fully saturated rings. The molecule has 0 N–H and O–H groups in total. The van der Waals surface area contributed by atoms with E-state index in [0.717, 1.165) is 29.8 Å². The number of halogens is 5. The molecule has 2 aliphatic rings. The van der Waals surface area contributed by atoms with E-state index in [-0.39, 0.29) is 32.5 Å². The monoisotopic (exact) mass is 551 g/mol. The summed E-state index contributed by atoms with van der Waals surface area (Å²) in [5.74, 6) is -3.29. The van der Waals surface area contributed by atoms with Gasteiger partial charge in [0.05, 0.1) is 28.3 Å². The Kier molecular flexibility index (Phi) is 6.66. The van der Waals surface area contributed by atoms with E-state index in [9.17, 15) is 26.0 Å². The second-order valence-electron chi connectivity index (χ2n) is 9.28. The fourth-order valence-corrected chi connectivity index (χ4v) is 7.57. The van der Waals surface area contributed by atoms with Crippen LogP contribution in [0, 0.1) is 17.6 Å². The molecule has 2 atom stereocenters. The van der Waals surface area contributed by atoms with Gasteiger partial charge < -0.3 is 9.57 Å². The zero-order chi connectivity index (χ0) is 27.1. The maximum absolute atomic E-state index is 15.3. The van der Waals surface area contributed by atoms with E-state index in [1.165, 1.54) is 0 Å². The van der Waals surface area contributed by atoms with Gasteiger partial charge in [-0.15, -0.1) is 0 Å². The van der Waals surface area contributed by atoms with Crippen LogP contribution in [0.25, 0.3) is 0 Å². The maximum atomic E-state index is 15.3. The Morgan fingerprint density at radius 1 is 0.974 bits per heavy atom. The number of nitrogens with zero attached hydrogens (tertiary/aromatic N) is 1. The van der Waals surface area contributed by atoms with Gasteiger partial charge in [0.2, 0.25) is 0 Å². The summed E-state index contributed by atoms with van der Waals surface area (Å²) in [5.41, 5.74) is -0.0750. The van der Waals surface area contributed by atoms with Gasteiger partial charge in [-0.3, -0.25) is 0 Å². The van der Waals surface area contributed by atoms with Gasteiger partial charge in [-0.2, -0.15) is 13.2 Å². The minimum absolute atomic E-state index is 0.0457. The van der Waals surface area contributed by atoms with Crippen molar-refractivity contribution in [2.45, 2.75) is 41.7 Å². The number of ether oxygens (including phenoxy) is 1. The molecule has 0 amide bonds. The quantitative estimate of drug-likeness (QED) is 0.271. The van der Waals surface area contributed by atoms with E-state index in [4.69, 9.17) is 9.57 Å². The van der Waals surface area contributed by atoms with E-state index < -0.39 is 60.1 Å². The highest BCUT2D eigenvalue weighted by atomic mass is 32.2. The Labute approximate surface area is 215 Å². The first-order valence-corrected chi connectivity index (χ1v) is 13.3. The molecule has 0 bridgehead atoms. The first-order valence-electron chi connectivity index (χ1n) is 11.8. The third-order valence-corrected chi connectivity index (χ3v) is 9.67. The van der Waals surface area contributed by atoms with E-state index in [2.05, 4.69) is 5.16 Å². The van der Waals surface area contributed by atoms with Crippen LogP contribution < -0.4 is 4.74 Å². The van der Waals surface area contributed by atoms with E-state index in [1.54, 1.807) is 0 Å². The second-order valence-corrected chi connectivity index (χ2v) is 11.5. The molecule has 0 spiro atoms. The van der Waals surface area contributed by atoms with Gasteiger partial charge in [0.15, 0.2) is 21.4 Å². The van der Waals surface area contributed by atoms with Crippen LogP contribution in [0.15, 0.2) is 76.8 Å². The average Bonchev–Trinajstić information content (AvgIpc) is 2.90. The third-order valence-electron chi connectivity index (χ3n) is 7.08. The van der Waals surface area contributed by atoms with Gasteiger partial charge >= 0.3 is 6.18 Å². The van der Waals surface area contributed by atoms with Crippen LogP contribution in [0.1, 0.15) is 36.0 Å². The number of fused-ring (bicyclic) bond motifs is 3. The first kappa shape index (κ1) is 26.1. The predicted octanol–water partition coefficient (Wildman–Crippen LogP) is 6.42. The van der Waals surface area contributed by atoms with Crippen molar-refractivity contribution < 1.29 is 39.9 Å². The number of sulfone groups is 1. The van der Waals surface area contributed by atoms with Crippen LogP contribution in [-0.2, 0) is 32.2 Å². The summed E-state index contributed by atoms with van der Waals surface area (Å²) in [6.07, 6.45) is -4.73. The lowest BCUT2D eigenvalue weighted by Gasteiger charge is -2.47. The minimum Gasteiger partial charge on any atom is -0.490 e. The van der Waals surface area contributed by atoms with Crippen LogP contribution in [0.2, 0.25) is 0 Å². The lowest BCUT2D eigenvalue weighted by atomic mass is 9.72. The lowest BCUT2D eigenvalue weighted by molar-refractivity contribution is -0.137. The highest BCUT2D eigenvalue weighted by Crippen LogP contribution is 2.56. The van der Waals surface area contributed by atoms with Gasteiger partial charge in [-0.05, 0) is 61.2 Å². The number of alkyl halides is 3. The summed E-state index contributed by atoms with van der Waals surface area (Å²) in [4.78, 5) is 5.03. The maximum Gasteiger partial charge on any atom is 0.416 e. The molecule has 5 nitrogen and oxygen atoms in total. The number of hydrogen-bond donors (Lipinski definition) is 0. The van der Waals surface area contributed by atoms with Crippen LogP contribution in [0.3, 0.4) is 0 Å². The Morgan fingerprint density at radius 3 is 2.34 bits per heavy atom. The molecule has 0 saturated heterocycles. The lowest BCUT2D eigenvalue weighted by Crippen LogP contribution is -2.52. The highest BCUT2D eigenvalue weighted by molar-refractivity contribution is 7.92. The first-order chi connectivity index (χ1) is 18.0. The molecular weight excluding hydrogens is 529 g/mol. The molecule has 3 aromatic carbocycles. The second kappa shape index (κ2) is 9.68. The highest BCUT2D eigenvalue weighted by Gasteiger charge is 2.59. The molecule has 0 unspecified atom stereocenters. The smallest absolute Gasteiger partial charge is 0.416 e. The molecule has 1 aliphatic carbocycles. The fourth-order valence-electron chi connectivity index (χ4n) is 5.24. The number of oxime groups is 1. The Morgan fingerprint density at radius 2 is 1.66 bits per heavy atom. The average molecular weight is 552 g/mol. The van der Waals surface area contributed by atoms with Crippen LogP contribution in [0.4, 0.5) is 22.0 Å². The number of benzene rings is 3. The largest absolute Gasteiger partial charge is 0.490 e. The topological polar surface area (TPSA) is 65.0 Å². The third kappa shape index (κ3) is 4.42. The van der Waals surface area contributed by atoms with Gasteiger partial charge in [0.1, 0.15) is 17.2 Å². The van der Waals surface area contributed by atoms with Crippen molar-refractivity contribution in [1.82, 2.24) is 0 Å². The molecule has 1 heterocycles. The van der Waals surface area contributed by atoms with Crippen LogP contribution in [-0.4, -0.2) is 20.7 Å². The van der Waals surface area contributed by atoms with E-state index >= 15 is 4.39 Å². The molecule has 200 valence electrons. The summed E-state index contributed by atoms with van der Waals surface area (Å²) in [6.45, 7) is -0.0753. The van der Waals surface area contributed by atoms with Gasteiger partial charge in [-0.1, -0.05) is 35.5 Å². The molecule has 0 radical (unpaired) electrons. The fraction of sp³-hybridized carbons (Fsp3) is 0.296. The van der Waals surface area contributed by atoms with Crippen molar-refractivity contribution in [3.8, 4) is 5.75 Å². The zero-order valence-electron chi connectivity index (χ0n) is 19.8. The van der Waals surface area contributed by atoms with Gasteiger partial charge in [0, 0.05) is 5.92 Å². The molecule has 11 heteroatoms. The van der Waals surface area contributed by atoms with Crippen molar-refractivity contribution >= 4 is 15.5 Å². The molecule has 1 aliphatic heterocycles. The van der Waals surface area contributed by atoms with Crippen molar-refractivity contribution in [2.75, 3.05) is 6.61 Å². The molecule has 1 saturated carbocycles. The summed E-state index contributed by atoms with van der Waals surface area (Å²) in [7, 11) is -4.54. The van der Waals surface area contributed by atoms with Crippen molar-refractivity contribution in [1.29, 1.82) is 0 Å². The van der Waals surface area contributed by atoms with E-state index in [0.29, 0.717) is 17.8 Å². The van der Waals surface area contributed by atoms with Gasteiger partial charge in [-0.25, -0.2) is 17.2 Å². The standard InChI is InChI=1S/C27H22F5NO4S/c28-22-10-11-23(29)25-24(22)26(38(34,35)21-8-6-18(7-9-21)27(30,31)32)13-12-20(14-19(26)16-36-25)33-37-15-17-4-2-1-3-5-17/h1-11,19H,12-16H2/b33-20-/t19-,26+/m1/s1. The van der Waals surface area contributed by atoms with Gasteiger partial charge in [0.25, 0.3) is 0 Å². The van der Waals surface area contributed by atoms with Crippen molar-refractivity contribution in [2.24, 2.45) is 11.1 Å². The van der Waals surface area contributed by atoms with Crippen LogP contribution >= 0.6 is 0 Å². The summed E-state index contributed by atoms with van der Waals surface area (Å²) in [6, 6.07) is 14.0. The molecule has 0 aromatic heterocycles. The van der Waals surface area contributed by atoms with E-state index in [1.807, 2.05) is 30.3 Å². The van der Waals surface area contributed by atoms with Crippen LogP contribution in [0.5, 0.6) is 5.75 Å². The summed E-state index contributed by atoms with van der Waals surface area (Å²) in [5, 5.41) is 4.16. The Bertz CT molecular complexity index is 1470. The van der Waals surface area contributed by atoms with Crippen molar-refractivity contribution in [3.63, 3.8) is 0 Å². The molecule has 38 heavy (non-hydrogen) atoms. The number of rotatable bonds is 5. The molecule has 3 aromatic rings. The molecule has 5 rings (SSSR count). The Balaban J connectivity index is 1.55. The summed E-state index contributed by atoms with van der Waals surface area (Å²) < 4.78 is 101. The zero-order valence-corrected chi connectivity index (χ0v) is 20.7. The van der Waals surface area contributed by atoms with Crippen molar-refractivity contribution in [3.05, 3.63) is 95.1 Å². The summed E-state index contributed by atoms with van der Waals surface area (Å²) >= 11 is 0. The number of hydrogen-bond acceptors (Lipinski definition) is 5. The molecular formula is C27H22F5NO4S. The predicted molar refractivity (Wildman–Crippen MR) is 128 cm³/mol.